The fourth-order valence-electron chi connectivity index (χ4n) is 2.60. The van der Waals surface area contributed by atoms with E-state index in [2.05, 4.69) is 26.5 Å². The van der Waals surface area contributed by atoms with Crippen molar-refractivity contribution in [2.45, 2.75) is 13.5 Å². The van der Waals surface area contributed by atoms with Gasteiger partial charge in [-0.2, -0.15) is 5.10 Å². The molecule has 0 aliphatic carbocycles. The Hall–Kier alpha value is -4.15. The van der Waals surface area contributed by atoms with Gasteiger partial charge in [-0.1, -0.05) is 40.9 Å². The molecule has 3 rings (SSSR count). The van der Waals surface area contributed by atoms with E-state index in [1.165, 1.54) is 30.5 Å². The first-order chi connectivity index (χ1) is 16.7. The Balaban J connectivity index is 1.43. The van der Waals surface area contributed by atoms with E-state index in [0.29, 0.717) is 22.2 Å². The number of carbonyl (C=O) groups excluding carboxylic acids is 4. The number of halogens is 2. The maximum Gasteiger partial charge on any atom is 0.329 e. The van der Waals surface area contributed by atoms with Crippen molar-refractivity contribution in [2.75, 3.05) is 10.6 Å². The van der Waals surface area contributed by atoms with Crippen LogP contribution in [0, 0.1) is 6.92 Å². The van der Waals surface area contributed by atoms with Gasteiger partial charge in [-0.25, -0.2) is 5.43 Å². The quantitative estimate of drug-likeness (QED) is 0.226. The van der Waals surface area contributed by atoms with Gasteiger partial charge < -0.3 is 20.4 Å². The second kappa shape index (κ2) is 11.8. The van der Waals surface area contributed by atoms with E-state index in [4.69, 9.17) is 27.6 Å². The van der Waals surface area contributed by atoms with Crippen molar-refractivity contribution in [2.24, 2.45) is 5.10 Å². The monoisotopic (exact) mass is 515 g/mol. The summed E-state index contributed by atoms with van der Waals surface area (Å²) in [6.07, 6.45) is 1.18. The first kappa shape index (κ1) is 25.5. The molecular formula is C23H19Cl2N5O5. The maximum atomic E-state index is 12.0. The van der Waals surface area contributed by atoms with Gasteiger partial charge in [0.2, 0.25) is 0 Å². The van der Waals surface area contributed by atoms with Crippen LogP contribution in [0.2, 0.25) is 10.0 Å². The highest BCUT2D eigenvalue weighted by Crippen LogP contribution is 2.24. The van der Waals surface area contributed by atoms with Crippen LogP contribution < -0.4 is 21.4 Å². The standard InChI is InChI=1S/C23H19Cl2N5O5/c1-13-2-4-14(5-3-13)28-22(33)23(34)30-27-12-17-8-7-16(35-17)11-26-20(31)21(32)29-15-6-9-18(24)19(25)10-15/h2-10,12H,11H2,1H3,(H,26,31)(H,28,33)(H,29,32)(H,30,34)/b27-12+. The molecule has 0 spiro atoms. The molecule has 180 valence electrons. The largest absolute Gasteiger partial charge is 0.458 e. The second-order valence-corrected chi connectivity index (χ2v) is 7.90. The minimum atomic E-state index is -0.964. The Morgan fingerprint density at radius 3 is 2.20 bits per heavy atom. The van der Waals surface area contributed by atoms with Crippen molar-refractivity contribution in [3.05, 3.63) is 81.7 Å². The molecule has 4 amide bonds. The zero-order chi connectivity index (χ0) is 25.4. The van der Waals surface area contributed by atoms with Gasteiger partial charge in [-0.05, 0) is 49.4 Å². The molecule has 0 fully saturated rings. The molecule has 0 saturated carbocycles. The molecule has 4 N–H and O–H groups in total. The number of nitrogens with zero attached hydrogens (tertiary/aromatic N) is 1. The van der Waals surface area contributed by atoms with Gasteiger partial charge in [0, 0.05) is 11.4 Å². The van der Waals surface area contributed by atoms with Gasteiger partial charge in [0.05, 0.1) is 22.8 Å². The molecule has 0 aliphatic heterocycles. The lowest BCUT2D eigenvalue weighted by atomic mass is 10.2. The summed E-state index contributed by atoms with van der Waals surface area (Å²) < 4.78 is 5.43. The summed E-state index contributed by atoms with van der Waals surface area (Å²) in [5.41, 5.74) is 3.89. The van der Waals surface area contributed by atoms with E-state index in [1.807, 2.05) is 6.92 Å². The number of carbonyl (C=O) groups is 4. The lowest BCUT2D eigenvalue weighted by molar-refractivity contribution is -0.136. The molecule has 0 radical (unpaired) electrons. The number of anilines is 2. The normalized spacial score (nSPS) is 10.6. The lowest BCUT2D eigenvalue weighted by Gasteiger charge is -2.06. The van der Waals surface area contributed by atoms with Gasteiger partial charge in [0.25, 0.3) is 0 Å². The Labute approximate surface area is 209 Å². The lowest BCUT2D eigenvalue weighted by Crippen LogP contribution is -2.34. The third-order valence-electron chi connectivity index (χ3n) is 4.36. The van der Waals surface area contributed by atoms with E-state index < -0.39 is 23.6 Å². The van der Waals surface area contributed by atoms with Crippen LogP contribution >= 0.6 is 23.2 Å². The molecule has 0 unspecified atom stereocenters. The topological polar surface area (TPSA) is 142 Å². The van der Waals surface area contributed by atoms with Crippen molar-refractivity contribution in [1.29, 1.82) is 0 Å². The Bertz CT molecular complexity index is 1290. The first-order valence-electron chi connectivity index (χ1n) is 10.1. The van der Waals surface area contributed by atoms with Crippen LogP contribution in [0.5, 0.6) is 0 Å². The van der Waals surface area contributed by atoms with Crippen molar-refractivity contribution < 1.29 is 23.6 Å². The summed E-state index contributed by atoms with van der Waals surface area (Å²) in [4.78, 5) is 47.7. The van der Waals surface area contributed by atoms with Crippen LogP contribution in [0.1, 0.15) is 17.1 Å². The minimum Gasteiger partial charge on any atom is -0.458 e. The predicted molar refractivity (Wildman–Crippen MR) is 131 cm³/mol. The summed E-state index contributed by atoms with van der Waals surface area (Å²) in [7, 11) is 0. The van der Waals surface area contributed by atoms with Gasteiger partial charge in [0.1, 0.15) is 11.5 Å². The fraction of sp³-hybridized carbons (Fsp3) is 0.0870. The van der Waals surface area contributed by atoms with Gasteiger partial charge in [-0.15, -0.1) is 0 Å². The minimum absolute atomic E-state index is 0.0766. The zero-order valence-electron chi connectivity index (χ0n) is 18.2. The summed E-state index contributed by atoms with van der Waals surface area (Å²) in [6, 6.07) is 14.4. The molecule has 12 heteroatoms. The first-order valence-corrected chi connectivity index (χ1v) is 10.8. The molecule has 3 aromatic rings. The Morgan fingerprint density at radius 2 is 1.49 bits per heavy atom. The summed E-state index contributed by atoms with van der Waals surface area (Å²) in [6.45, 7) is 1.82. The van der Waals surface area contributed by atoms with Crippen molar-refractivity contribution in [3.63, 3.8) is 0 Å². The third-order valence-corrected chi connectivity index (χ3v) is 5.10. The smallest absolute Gasteiger partial charge is 0.329 e. The van der Waals surface area contributed by atoms with Crippen LogP contribution in [0.15, 0.2) is 64.1 Å². The molecule has 1 aromatic heterocycles. The molecule has 1 heterocycles. The van der Waals surface area contributed by atoms with Crippen molar-refractivity contribution in [3.8, 4) is 0 Å². The predicted octanol–water partition coefficient (Wildman–Crippen LogP) is 3.24. The average molecular weight is 516 g/mol. The molecule has 2 aromatic carbocycles. The SMILES string of the molecule is Cc1ccc(NC(=O)C(=O)N/N=C/c2ccc(CNC(=O)C(=O)Nc3ccc(Cl)c(Cl)c3)o2)cc1. The van der Waals surface area contributed by atoms with Crippen LogP contribution in [-0.2, 0) is 25.7 Å². The third kappa shape index (κ3) is 7.70. The van der Waals surface area contributed by atoms with E-state index in [9.17, 15) is 19.2 Å². The highest BCUT2D eigenvalue weighted by molar-refractivity contribution is 6.43. The van der Waals surface area contributed by atoms with Crippen LogP contribution in [-0.4, -0.2) is 29.8 Å². The number of rotatable bonds is 6. The van der Waals surface area contributed by atoms with Gasteiger partial charge in [0.15, 0.2) is 0 Å². The van der Waals surface area contributed by atoms with Gasteiger partial charge in [-0.3, -0.25) is 19.2 Å². The second-order valence-electron chi connectivity index (χ2n) is 7.09. The Morgan fingerprint density at radius 1 is 0.829 bits per heavy atom. The number of nitrogens with one attached hydrogen (secondary N) is 4. The highest BCUT2D eigenvalue weighted by Gasteiger charge is 2.15. The molecule has 0 saturated heterocycles. The summed E-state index contributed by atoms with van der Waals surface area (Å²) >= 11 is 11.7. The van der Waals surface area contributed by atoms with Crippen molar-refractivity contribution >= 4 is 64.4 Å². The number of hydrogen-bond acceptors (Lipinski definition) is 6. The molecule has 0 atom stereocenters. The summed E-state index contributed by atoms with van der Waals surface area (Å²) in [5.74, 6) is -3.07. The van der Waals surface area contributed by atoms with E-state index >= 15 is 0 Å². The molecule has 0 bridgehead atoms. The van der Waals surface area contributed by atoms with Gasteiger partial charge >= 0.3 is 23.6 Å². The van der Waals surface area contributed by atoms with E-state index in [-0.39, 0.29) is 17.3 Å². The maximum absolute atomic E-state index is 12.0. The number of benzene rings is 2. The number of furan rings is 1. The molecule has 10 nitrogen and oxygen atoms in total. The average Bonchev–Trinajstić information content (AvgIpc) is 3.28. The number of amides is 4. The van der Waals surface area contributed by atoms with Crippen LogP contribution in [0.4, 0.5) is 11.4 Å². The van der Waals surface area contributed by atoms with Crippen LogP contribution in [0.3, 0.4) is 0 Å². The number of hydrogen-bond donors (Lipinski definition) is 4. The molecule has 0 aliphatic rings. The van der Waals surface area contributed by atoms with E-state index in [1.54, 1.807) is 30.3 Å². The number of hydrazone groups is 1. The zero-order valence-corrected chi connectivity index (χ0v) is 19.7. The number of aryl methyl sites for hydroxylation is 1. The Kier molecular flexibility index (Phi) is 8.60. The fourth-order valence-corrected chi connectivity index (χ4v) is 2.90. The van der Waals surface area contributed by atoms with Crippen molar-refractivity contribution in [1.82, 2.24) is 10.7 Å². The highest BCUT2D eigenvalue weighted by atomic mass is 35.5. The molecular weight excluding hydrogens is 497 g/mol. The van der Waals surface area contributed by atoms with Crippen LogP contribution in [0.25, 0.3) is 0 Å². The molecule has 35 heavy (non-hydrogen) atoms. The van der Waals surface area contributed by atoms with E-state index in [0.717, 1.165) is 5.56 Å². The summed E-state index contributed by atoms with van der Waals surface area (Å²) in [5, 5.41) is 11.5.